The van der Waals surface area contributed by atoms with E-state index in [0.29, 0.717) is 5.56 Å². The molecule has 0 saturated carbocycles. The van der Waals surface area contributed by atoms with Gasteiger partial charge in [0.2, 0.25) is 0 Å². The van der Waals surface area contributed by atoms with E-state index in [0.717, 1.165) is 12.1 Å². The topological polar surface area (TPSA) is 119 Å². The van der Waals surface area contributed by atoms with Crippen molar-refractivity contribution in [3.05, 3.63) is 77.2 Å². The fourth-order valence-corrected chi connectivity index (χ4v) is 4.31. The summed E-state index contributed by atoms with van der Waals surface area (Å²) in [4.78, 5) is 29.9. The molecule has 1 unspecified atom stereocenters. The smallest absolute Gasteiger partial charge is 0.408 e. The molecular weight excluding hydrogens is 610 g/mol. The highest BCUT2D eigenvalue weighted by Crippen LogP contribution is 2.37. The van der Waals surface area contributed by atoms with Gasteiger partial charge in [-0.05, 0) is 102 Å². The molecule has 1 heterocycles. The number of amides is 2. The molecule has 2 atom stereocenters. The molecule has 0 fully saturated rings. The first-order chi connectivity index (χ1) is 21.3. The lowest BCUT2D eigenvalue weighted by Crippen LogP contribution is -2.44. The lowest BCUT2D eigenvalue weighted by atomic mass is 9.90. The molecule has 250 valence electrons. The molecule has 46 heavy (non-hydrogen) atoms. The van der Waals surface area contributed by atoms with Crippen molar-refractivity contribution in [1.82, 2.24) is 15.6 Å². The van der Waals surface area contributed by atoms with Crippen LogP contribution in [0, 0.1) is 5.82 Å². The number of aromatic nitrogens is 1. The predicted molar refractivity (Wildman–Crippen MR) is 163 cm³/mol. The summed E-state index contributed by atoms with van der Waals surface area (Å²) in [6, 6.07) is 11.9. The number of benzene rings is 2. The average Bonchev–Trinajstić information content (AvgIpc) is 2.94. The Morgan fingerprint density at radius 2 is 1.61 bits per heavy atom. The van der Waals surface area contributed by atoms with Crippen LogP contribution in [-0.2, 0) is 10.3 Å². The standard InChI is InChI=1S/C33H39F4N3O6/c1-19(41)18-45-27-13-10-21(14-28(27)44-7)29(42)38-17-24(33(35,36)37)26-16-22(32(5,6)40-30(43)46-31(2,3)4)15-25(39-26)20-8-11-23(34)12-9-20/h8-16,19,24,41H,17-18H2,1-7H3,(H,38,42)(H,40,43)/t19-,24?/m1/s1. The first-order valence-electron chi connectivity index (χ1n) is 14.4. The van der Waals surface area contributed by atoms with E-state index < -0.39 is 59.4 Å². The van der Waals surface area contributed by atoms with Crippen LogP contribution in [0.4, 0.5) is 22.4 Å². The van der Waals surface area contributed by atoms with Crippen molar-refractivity contribution in [1.29, 1.82) is 0 Å². The van der Waals surface area contributed by atoms with Gasteiger partial charge in [0.25, 0.3) is 5.91 Å². The maximum absolute atomic E-state index is 14.6. The van der Waals surface area contributed by atoms with Gasteiger partial charge in [0.1, 0.15) is 23.9 Å². The van der Waals surface area contributed by atoms with Gasteiger partial charge < -0.3 is 30.0 Å². The van der Waals surface area contributed by atoms with Crippen LogP contribution in [0.15, 0.2) is 54.6 Å². The van der Waals surface area contributed by atoms with E-state index in [1.807, 2.05) is 0 Å². The Labute approximate surface area is 265 Å². The third-order valence-corrected chi connectivity index (χ3v) is 6.65. The summed E-state index contributed by atoms with van der Waals surface area (Å²) in [5.41, 5.74) is -1.76. The van der Waals surface area contributed by atoms with Crippen molar-refractivity contribution in [2.24, 2.45) is 0 Å². The number of aliphatic hydroxyl groups excluding tert-OH is 1. The van der Waals surface area contributed by atoms with E-state index in [1.165, 1.54) is 56.5 Å². The van der Waals surface area contributed by atoms with Crippen LogP contribution in [0.25, 0.3) is 11.3 Å². The van der Waals surface area contributed by atoms with Crippen LogP contribution in [0.5, 0.6) is 11.5 Å². The van der Waals surface area contributed by atoms with E-state index in [-0.39, 0.29) is 34.9 Å². The molecule has 0 aliphatic rings. The summed E-state index contributed by atoms with van der Waals surface area (Å²) >= 11 is 0. The quantitative estimate of drug-likeness (QED) is 0.203. The Hall–Kier alpha value is -4.39. The number of carbonyl (C=O) groups excluding carboxylic acids is 2. The zero-order valence-electron chi connectivity index (χ0n) is 26.7. The van der Waals surface area contributed by atoms with Gasteiger partial charge in [-0.2, -0.15) is 13.2 Å². The van der Waals surface area contributed by atoms with Crippen LogP contribution in [0.3, 0.4) is 0 Å². The van der Waals surface area contributed by atoms with Crippen LogP contribution in [-0.4, -0.2) is 60.2 Å². The van der Waals surface area contributed by atoms with Crippen LogP contribution in [0.2, 0.25) is 0 Å². The first kappa shape index (κ1) is 36.1. The van der Waals surface area contributed by atoms with Crippen molar-refractivity contribution >= 4 is 12.0 Å². The van der Waals surface area contributed by atoms with Gasteiger partial charge >= 0.3 is 12.3 Å². The molecule has 0 saturated heterocycles. The van der Waals surface area contributed by atoms with Crippen molar-refractivity contribution in [2.75, 3.05) is 20.3 Å². The highest BCUT2D eigenvalue weighted by molar-refractivity contribution is 5.95. The molecule has 9 nitrogen and oxygen atoms in total. The molecule has 2 amide bonds. The number of carbonyl (C=O) groups is 2. The van der Waals surface area contributed by atoms with E-state index in [1.54, 1.807) is 34.6 Å². The highest BCUT2D eigenvalue weighted by Gasteiger charge is 2.43. The first-order valence-corrected chi connectivity index (χ1v) is 14.4. The van der Waals surface area contributed by atoms with E-state index in [9.17, 15) is 32.3 Å². The molecule has 1 aromatic heterocycles. The van der Waals surface area contributed by atoms with Crippen molar-refractivity contribution in [2.45, 2.75) is 70.9 Å². The predicted octanol–water partition coefficient (Wildman–Crippen LogP) is 6.49. The Bertz CT molecular complexity index is 1520. The number of ether oxygens (including phenoxy) is 3. The Morgan fingerprint density at radius 3 is 2.17 bits per heavy atom. The summed E-state index contributed by atoms with van der Waals surface area (Å²) in [6.07, 6.45) is -6.39. The molecule has 0 spiro atoms. The Kier molecular flexibility index (Phi) is 11.3. The fraction of sp³-hybridized carbons (Fsp3) is 0.424. The van der Waals surface area contributed by atoms with Crippen LogP contribution in [0.1, 0.15) is 69.1 Å². The zero-order valence-corrected chi connectivity index (χ0v) is 26.7. The number of nitrogens with zero attached hydrogens (tertiary/aromatic N) is 1. The minimum Gasteiger partial charge on any atom is -0.493 e. The van der Waals surface area contributed by atoms with Gasteiger partial charge in [0.05, 0.1) is 30.1 Å². The van der Waals surface area contributed by atoms with Gasteiger partial charge in [-0.3, -0.25) is 9.78 Å². The van der Waals surface area contributed by atoms with Crippen LogP contribution < -0.4 is 20.1 Å². The summed E-state index contributed by atoms with van der Waals surface area (Å²) < 4.78 is 73.5. The average molecular weight is 650 g/mol. The van der Waals surface area contributed by atoms with Crippen molar-refractivity contribution in [3.8, 4) is 22.8 Å². The second kappa shape index (κ2) is 14.4. The lowest BCUT2D eigenvalue weighted by molar-refractivity contribution is -0.149. The van der Waals surface area contributed by atoms with Gasteiger partial charge in [-0.25, -0.2) is 9.18 Å². The number of hydrogen-bond donors (Lipinski definition) is 3. The lowest BCUT2D eigenvalue weighted by Gasteiger charge is -2.30. The van der Waals surface area contributed by atoms with Crippen molar-refractivity contribution in [3.63, 3.8) is 0 Å². The summed E-state index contributed by atoms with van der Waals surface area (Å²) in [7, 11) is 1.34. The maximum Gasteiger partial charge on any atom is 0.408 e. The molecular formula is C33H39F4N3O6. The molecule has 0 aliphatic heterocycles. The highest BCUT2D eigenvalue weighted by atomic mass is 19.4. The number of alkyl halides is 3. The third-order valence-electron chi connectivity index (χ3n) is 6.65. The second-order valence-electron chi connectivity index (χ2n) is 12.3. The molecule has 0 radical (unpaired) electrons. The molecule has 2 aromatic carbocycles. The normalized spacial score (nSPS) is 13.4. The summed E-state index contributed by atoms with van der Waals surface area (Å²) in [6.45, 7) is 8.83. The fourth-order valence-electron chi connectivity index (χ4n) is 4.31. The molecule has 0 bridgehead atoms. The number of alkyl carbamates (subject to hydrolysis) is 1. The third kappa shape index (κ3) is 10.1. The SMILES string of the molecule is COc1cc(C(=O)NCC(c2cc(C(C)(C)NC(=O)OC(C)(C)C)cc(-c3ccc(F)cc3)n2)C(F)(F)F)ccc1OC[C@@H](C)O. The summed E-state index contributed by atoms with van der Waals surface area (Å²) in [5.74, 6) is -3.22. The largest absolute Gasteiger partial charge is 0.493 e. The minimum absolute atomic E-state index is 0.0126. The number of aliphatic hydroxyl groups is 1. The van der Waals surface area contributed by atoms with Crippen LogP contribution >= 0.6 is 0 Å². The Balaban J connectivity index is 1.99. The number of halogens is 4. The zero-order chi connectivity index (χ0) is 34.4. The van der Waals surface area contributed by atoms with E-state index in [2.05, 4.69) is 15.6 Å². The molecule has 3 rings (SSSR count). The van der Waals surface area contributed by atoms with Gasteiger partial charge in [-0.1, -0.05) is 0 Å². The van der Waals surface area contributed by atoms with Gasteiger partial charge in [-0.15, -0.1) is 0 Å². The molecule has 0 aliphatic carbocycles. The molecule has 13 heteroatoms. The number of hydrogen-bond acceptors (Lipinski definition) is 7. The minimum atomic E-state index is -4.85. The maximum atomic E-state index is 14.6. The number of rotatable bonds is 11. The number of pyridine rings is 1. The van der Waals surface area contributed by atoms with E-state index >= 15 is 0 Å². The monoisotopic (exact) mass is 649 g/mol. The second-order valence-corrected chi connectivity index (χ2v) is 12.3. The molecule has 3 aromatic rings. The van der Waals surface area contributed by atoms with Crippen molar-refractivity contribution < 1.29 is 46.5 Å². The number of methoxy groups -OCH3 is 1. The molecule has 3 N–H and O–H groups in total. The summed E-state index contributed by atoms with van der Waals surface area (Å²) in [5, 5.41) is 14.5. The van der Waals surface area contributed by atoms with E-state index in [4.69, 9.17) is 14.2 Å². The van der Waals surface area contributed by atoms with Gasteiger partial charge in [0.15, 0.2) is 11.5 Å². The number of nitrogens with one attached hydrogen (secondary N) is 2. The van der Waals surface area contributed by atoms with Gasteiger partial charge in [0, 0.05) is 17.7 Å². The Morgan fingerprint density at radius 1 is 0.957 bits per heavy atom.